The summed E-state index contributed by atoms with van der Waals surface area (Å²) in [5.41, 5.74) is 9.02. The molecule has 0 amide bonds. The van der Waals surface area contributed by atoms with Crippen molar-refractivity contribution in [3.05, 3.63) is 164 Å². The van der Waals surface area contributed by atoms with Gasteiger partial charge in [-0.2, -0.15) is 0 Å². The van der Waals surface area contributed by atoms with Gasteiger partial charge in [0, 0.05) is 33.1 Å². The quantitative estimate of drug-likeness (QED) is 0.204. The molecule has 45 heavy (non-hydrogen) atoms. The predicted molar refractivity (Wildman–Crippen MR) is 186 cm³/mol. The van der Waals surface area contributed by atoms with Gasteiger partial charge in [-0.25, -0.2) is 4.98 Å². The van der Waals surface area contributed by atoms with Gasteiger partial charge in [-0.1, -0.05) is 103 Å². The minimum absolute atomic E-state index is 0.607. The molecule has 212 valence electrons. The fourth-order valence-corrected chi connectivity index (χ4v) is 6.62. The molecule has 0 saturated heterocycles. The smallest absolute Gasteiger partial charge is 0.227 e. The number of benzene rings is 7. The molecule has 0 aliphatic carbocycles. The van der Waals surface area contributed by atoms with E-state index in [2.05, 4.69) is 143 Å². The van der Waals surface area contributed by atoms with Crippen molar-refractivity contribution in [2.24, 2.45) is 0 Å². The van der Waals surface area contributed by atoms with Crippen molar-refractivity contribution in [2.75, 3.05) is 4.90 Å². The van der Waals surface area contributed by atoms with E-state index in [1.165, 1.54) is 10.8 Å². The maximum Gasteiger partial charge on any atom is 0.227 e. The third-order valence-electron chi connectivity index (χ3n) is 8.57. The van der Waals surface area contributed by atoms with Crippen LogP contribution in [0.1, 0.15) is 0 Å². The van der Waals surface area contributed by atoms with E-state index < -0.39 is 0 Å². The van der Waals surface area contributed by atoms with Crippen LogP contribution in [-0.4, -0.2) is 9.55 Å². The van der Waals surface area contributed by atoms with Gasteiger partial charge in [0.15, 0.2) is 5.58 Å². The highest BCUT2D eigenvalue weighted by molar-refractivity contribution is 6.18. The zero-order chi connectivity index (χ0) is 29.7. The molecule has 0 atom stereocenters. The van der Waals surface area contributed by atoms with E-state index in [-0.39, 0.29) is 0 Å². The molecule has 7 aromatic carbocycles. The second kappa shape index (κ2) is 10.2. The maximum atomic E-state index is 6.73. The molecule has 9 aromatic rings. The van der Waals surface area contributed by atoms with Crippen molar-refractivity contribution < 1.29 is 4.42 Å². The van der Waals surface area contributed by atoms with E-state index in [1.807, 2.05) is 30.3 Å². The lowest BCUT2D eigenvalue weighted by molar-refractivity contribution is 0.620. The minimum Gasteiger partial charge on any atom is -0.434 e. The lowest BCUT2D eigenvalue weighted by Crippen LogP contribution is -2.11. The Kier molecular flexibility index (Phi) is 5.78. The largest absolute Gasteiger partial charge is 0.434 e. The average Bonchev–Trinajstić information content (AvgIpc) is 3.71. The van der Waals surface area contributed by atoms with Gasteiger partial charge in [0.1, 0.15) is 5.52 Å². The van der Waals surface area contributed by atoms with Gasteiger partial charge in [0.2, 0.25) is 5.89 Å². The highest BCUT2D eigenvalue weighted by atomic mass is 16.3. The van der Waals surface area contributed by atoms with Crippen LogP contribution < -0.4 is 4.90 Å². The summed E-state index contributed by atoms with van der Waals surface area (Å²) in [4.78, 5) is 7.43. The molecule has 0 N–H and O–H groups in total. The second-order valence-electron chi connectivity index (χ2n) is 11.2. The number of hydrogen-bond acceptors (Lipinski definition) is 3. The third kappa shape index (κ3) is 4.04. The first-order valence-corrected chi connectivity index (χ1v) is 15.2. The van der Waals surface area contributed by atoms with E-state index in [1.54, 1.807) is 0 Å². The van der Waals surface area contributed by atoms with Crippen molar-refractivity contribution in [3.8, 4) is 17.1 Å². The van der Waals surface area contributed by atoms with Crippen LogP contribution in [-0.2, 0) is 0 Å². The molecule has 0 radical (unpaired) electrons. The summed E-state index contributed by atoms with van der Waals surface area (Å²) in [6.45, 7) is 0. The number of fused-ring (bicyclic) bond motifs is 6. The van der Waals surface area contributed by atoms with Crippen LogP contribution in [0.15, 0.2) is 168 Å². The van der Waals surface area contributed by atoms with E-state index >= 15 is 0 Å². The van der Waals surface area contributed by atoms with Crippen LogP contribution in [0.4, 0.5) is 17.1 Å². The number of rotatable bonds is 5. The summed E-state index contributed by atoms with van der Waals surface area (Å²) in [5, 5.41) is 4.53. The average molecular weight is 578 g/mol. The third-order valence-corrected chi connectivity index (χ3v) is 8.57. The van der Waals surface area contributed by atoms with Crippen LogP contribution in [0.5, 0.6) is 0 Å². The fraction of sp³-hybridized carbons (Fsp3) is 0. The molecule has 4 heteroatoms. The molecular weight excluding hydrogens is 550 g/mol. The van der Waals surface area contributed by atoms with E-state index in [0.717, 1.165) is 61.2 Å². The van der Waals surface area contributed by atoms with Crippen molar-refractivity contribution >= 4 is 60.7 Å². The first-order chi connectivity index (χ1) is 22.3. The Hall–Kier alpha value is -6.13. The van der Waals surface area contributed by atoms with Crippen LogP contribution in [0, 0.1) is 0 Å². The number of nitrogens with zero attached hydrogens (tertiary/aromatic N) is 3. The number of aromatic nitrogens is 2. The second-order valence-corrected chi connectivity index (χ2v) is 11.2. The Morgan fingerprint density at radius 1 is 0.533 bits per heavy atom. The lowest BCUT2D eigenvalue weighted by Gasteiger charge is -2.26. The number of oxazole rings is 1. The first-order valence-electron chi connectivity index (χ1n) is 15.2. The van der Waals surface area contributed by atoms with Gasteiger partial charge in [-0.15, -0.1) is 0 Å². The standard InChI is InChI=1S/C41H27N3O/c1-4-15-28(16-5-1)41-42-39-32-22-11-10-17-29(32)27-37(40(39)45-41)44(31-20-8-3-9-21-31)36-26-14-25-35-38(36)33-23-12-13-24-34(33)43(35)30-18-6-2-7-19-30/h1-27H. The number of para-hydroxylation sites is 3. The van der Waals surface area contributed by atoms with E-state index in [0.29, 0.717) is 5.89 Å². The molecule has 9 rings (SSSR count). The molecule has 2 aromatic heterocycles. The molecule has 0 aliphatic heterocycles. The van der Waals surface area contributed by atoms with E-state index in [9.17, 15) is 0 Å². The number of anilines is 3. The van der Waals surface area contributed by atoms with Gasteiger partial charge in [-0.3, -0.25) is 0 Å². The summed E-state index contributed by atoms with van der Waals surface area (Å²) < 4.78 is 9.09. The van der Waals surface area contributed by atoms with Crippen molar-refractivity contribution in [1.29, 1.82) is 0 Å². The van der Waals surface area contributed by atoms with Gasteiger partial charge in [-0.05, 0) is 66.0 Å². The summed E-state index contributed by atoms with van der Waals surface area (Å²) in [6.07, 6.45) is 0. The van der Waals surface area contributed by atoms with Crippen LogP contribution in [0.2, 0.25) is 0 Å². The van der Waals surface area contributed by atoms with Gasteiger partial charge < -0.3 is 13.9 Å². The zero-order valence-corrected chi connectivity index (χ0v) is 24.3. The Morgan fingerprint density at radius 3 is 1.98 bits per heavy atom. The van der Waals surface area contributed by atoms with Gasteiger partial charge in [0.25, 0.3) is 0 Å². The lowest BCUT2D eigenvalue weighted by atomic mass is 10.0. The summed E-state index contributed by atoms with van der Waals surface area (Å²) >= 11 is 0. The Labute approximate surface area is 260 Å². The van der Waals surface area contributed by atoms with Crippen LogP contribution >= 0.6 is 0 Å². The normalized spacial score (nSPS) is 11.6. The summed E-state index contributed by atoms with van der Waals surface area (Å²) in [7, 11) is 0. The zero-order valence-electron chi connectivity index (χ0n) is 24.3. The molecule has 0 fully saturated rings. The Bertz CT molecular complexity index is 2480. The molecular formula is C41H27N3O. The highest BCUT2D eigenvalue weighted by Gasteiger charge is 2.25. The number of hydrogen-bond donors (Lipinski definition) is 0. The van der Waals surface area contributed by atoms with E-state index in [4.69, 9.17) is 9.40 Å². The van der Waals surface area contributed by atoms with Crippen LogP contribution in [0.25, 0.3) is 60.8 Å². The summed E-state index contributed by atoms with van der Waals surface area (Å²) in [5.74, 6) is 0.607. The topological polar surface area (TPSA) is 34.2 Å². The molecule has 0 bridgehead atoms. The van der Waals surface area contributed by atoms with Crippen molar-refractivity contribution in [1.82, 2.24) is 9.55 Å². The van der Waals surface area contributed by atoms with Crippen LogP contribution in [0.3, 0.4) is 0 Å². The van der Waals surface area contributed by atoms with Crippen molar-refractivity contribution in [2.45, 2.75) is 0 Å². The van der Waals surface area contributed by atoms with Crippen molar-refractivity contribution in [3.63, 3.8) is 0 Å². The fourth-order valence-electron chi connectivity index (χ4n) is 6.62. The molecule has 2 heterocycles. The minimum atomic E-state index is 0.607. The van der Waals surface area contributed by atoms with Gasteiger partial charge >= 0.3 is 0 Å². The monoisotopic (exact) mass is 577 g/mol. The predicted octanol–water partition coefficient (Wildman–Crippen LogP) is 11.2. The Morgan fingerprint density at radius 2 is 1.18 bits per heavy atom. The maximum absolute atomic E-state index is 6.73. The first kappa shape index (κ1) is 25.4. The SMILES string of the molecule is c1ccc(-c2nc3c(o2)c(N(c2ccccc2)c2cccc4c2c2ccccc2n4-c2ccccc2)cc2ccccc23)cc1. The molecule has 0 spiro atoms. The summed E-state index contributed by atoms with van der Waals surface area (Å²) in [6, 6.07) is 57.2. The van der Waals surface area contributed by atoms with Gasteiger partial charge in [0.05, 0.1) is 22.4 Å². The molecule has 4 nitrogen and oxygen atoms in total. The molecule has 0 saturated carbocycles. The Balaban J connectivity index is 1.40. The molecule has 0 aliphatic rings. The highest BCUT2D eigenvalue weighted by Crippen LogP contribution is 2.47. The molecule has 0 unspecified atom stereocenters.